The first-order valence-corrected chi connectivity index (χ1v) is 5.41. The quantitative estimate of drug-likeness (QED) is 0.793. The zero-order valence-corrected chi connectivity index (χ0v) is 10.2. The van der Waals surface area contributed by atoms with Crippen LogP contribution in [-0.2, 0) is 11.3 Å². The average molecular weight is 239 g/mol. The van der Waals surface area contributed by atoms with E-state index in [0.717, 1.165) is 0 Å². The number of carboxylic acids is 1. The van der Waals surface area contributed by atoms with Crippen molar-refractivity contribution in [1.29, 1.82) is 0 Å². The van der Waals surface area contributed by atoms with Crippen LogP contribution in [0.1, 0.15) is 20.8 Å². The number of nitrogens with zero attached hydrogens (tertiary/aromatic N) is 2. The molecule has 0 atom stereocenters. The number of aryl methyl sites for hydroxylation is 1. The summed E-state index contributed by atoms with van der Waals surface area (Å²) in [4.78, 5) is 26.6. The monoisotopic (exact) mass is 239 g/mol. The molecule has 0 aromatic carbocycles. The number of anilines is 1. The zero-order chi connectivity index (χ0) is 13.1. The Hall–Kier alpha value is -1.85. The van der Waals surface area contributed by atoms with E-state index in [2.05, 4.69) is 10.3 Å². The molecule has 0 amide bonds. The van der Waals surface area contributed by atoms with Gasteiger partial charge >= 0.3 is 5.97 Å². The molecule has 0 aliphatic rings. The van der Waals surface area contributed by atoms with Gasteiger partial charge in [0.05, 0.1) is 5.41 Å². The summed E-state index contributed by atoms with van der Waals surface area (Å²) in [6.07, 6.45) is 3.11. The minimum Gasteiger partial charge on any atom is -0.481 e. The van der Waals surface area contributed by atoms with Crippen molar-refractivity contribution in [2.75, 3.05) is 11.9 Å². The fourth-order valence-electron chi connectivity index (χ4n) is 1.20. The second-order valence-electron chi connectivity index (χ2n) is 4.41. The summed E-state index contributed by atoms with van der Waals surface area (Å²) in [5.41, 5.74) is -1.18. The minimum atomic E-state index is -0.943. The number of carbonyl (C=O) groups is 1. The lowest BCUT2D eigenvalue weighted by Gasteiger charge is -2.19. The highest BCUT2D eigenvalue weighted by Crippen LogP contribution is 2.14. The van der Waals surface area contributed by atoms with E-state index in [1.165, 1.54) is 10.8 Å². The van der Waals surface area contributed by atoms with Crippen LogP contribution in [0.15, 0.2) is 17.2 Å². The van der Waals surface area contributed by atoms with Crippen LogP contribution in [0.2, 0.25) is 0 Å². The van der Waals surface area contributed by atoms with Gasteiger partial charge in [0.1, 0.15) is 0 Å². The van der Waals surface area contributed by atoms with Gasteiger partial charge in [-0.15, -0.1) is 0 Å². The summed E-state index contributed by atoms with van der Waals surface area (Å²) in [5.74, 6) is -0.736. The van der Waals surface area contributed by atoms with Crippen LogP contribution < -0.4 is 10.9 Å². The van der Waals surface area contributed by atoms with Crippen molar-refractivity contribution in [1.82, 2.24) is 9.55 Å². The van der Waals surface area contributed by atoms with Crippen LogP contribution in [-0.4, -0.2) is 27.2 Å². The largest absolute Gasteiger partial charge is 0.481 e. The van der Waals surface area contributed by atoms with E-state index in [1.54, 1.807) is 20.0 Å². The number of hydrogen-bond donors (Lipinski definition) is 2. The standard InChI is InChI=1S/C11H17N3O3/c1-4-14-6-5-12-8(9(14)15)13-7-11(2,3)10(16)17/h5-6H,4,7H2,1-3H3,(H,12,13)(H,16,17). The smallest absolute Gasteiger partial charge is 0.310 e. The topological polar surface area (TPSA) is 84.2 Å². The maximum absolute atomic E-state index is 11.8. The Bertz CT molecular complexity index is 465. The molecule has 6 heteroatoms. The second-order valence-corrected chi connectivity index (χ2v) is 4.41. The lowest BCUT2D eigenvalue weighted by molar-refractivity contribution is -0.146. The lowest BCUT2D eigenvalue weighted by Crippen LogP contribution is -2.34. The van der Waals surface area contributed by atoms with Crippen LogP contribution in [0, 0.1) is 5.41 Å². The molecule has 1 rings (SSSR count). The Morgan fingerprint density at radius 3 is 2.76 bits per heavy atom. The van der Waals surface area contributed by atoms with Gasteiger partial charge in [0, 0.05) is 25.5 Å². The Morgan fingerprint density at radius 2 is 2.24 bits per heavy atom. The maximum Gasteiger partial charge on any atom is 0.310 e. The van der Waals surface area contributed by atoms with Gasteiger partial charge in [0.25, 0.3) is 5.56 Å². The third kappa shape index (κ3) is 3.05. The first-order valence-electron chi connectivity index (χ1n) is 5.41. The van der Waals surface area contributed by atoms with Crippen LogP contribution in [0.4, 0.5) is 5.82 Å². The molecule has 6 nitrogen and oxygen atoms in total. The fraction of sp³-hybridized carbons (Fsp3) is 0.545. The number of hydrogen-bond acceptors (Lipinski definition) is 4. The van der Waals surface area contributed by atoms with E-state index in [4.69, 9.17) is 5.11 Å². The van der Waals surface area contributed by atoms with Gasteiger partial charge in [-0.3, -0.25) is 9.59 Å². The minimum absolute atomic E-state index is 0.151. The van der Waals surface area contributed by atoms with Crippen molar-refractivity contribution in [3.05, 3.63) is 22.7 Å². The van der Waals surface area contributed by atoms with Crippen molar-refractivity contribution in [2.24, 2.45) is 5.41 Å². The van der Waals surface area contributed by atoms with Gasteiger partial charge in [-0.05, 0) is 20.8 Å². The number of aliphatic carboxylic acids is 1. The number of aromatic nitrogens is 2. The van der Waals surface area contributed by atoms with Gasteiger partial charge in [-0.25, -0.2) is 4.98 Å². The molecule has 0 saturated carbocycles. The van der Waals surface area contributed by atoms with Crippen molar-refractivity contribution >= 4 is 11.8 Å². The Balaban J connectivity index is 2.84. The first-order chi connectivity index (χ1) is 7.88. The predicted molar refractivity (Wildman–Crippen MR) is 64.1 cm³/mol. The van der Waals surface area contributed by atoms with E-state index in [0.29, 0.717) is 6.54 Å². The Morgan fingerprint density at radius 1 is 1.59 bits per heavy atom. The van der Waals surface area contributed by atoms with Crippen molar-refractivity contribution in [3.8, 4) is 0 Å². The van der Waals surface area contributed by atoms with Gasteiger partial charge in [0.2, 0.25) is 0 Å². The summed E-state index contributed by atoms with van der Waals surface area (Å²) >= 11 is 0. The van der Waals surface area contributed by atoms with E-state index >= 15 is 0 Å². The third-order valence-electron chi connectivity index (χ3n) is 2.53. The second kappa shape index (κ2) is 4.99. The molecule has 0 saturated heterocycles. The normalized spacial score (nSPS) is 11.2. The van der Waals surface area contributed by atoms with Gasteiger partial charge in [-0.2, -0.15) is 0 Å². The maximum atomic E-state index is 11.8. The first kappa shape index (κ1) is 13.2. The molecule has 94 valence electrons. The highest BCUT2D eigenvalue weighted by Gasteiger charge is 2.27. The molecule has 17 heavy (non-hydrogen) atoms. The molecule has 0 unspecified atom stereocenters. The molecule has 2 N–H and O–H groups in total. The Labute approximate surface area is 99.3 Å². The molecule has 0 aliphatic carbocycles. The van der Waals surface area contributed by atoms with Crippen LogP contribution in [0.3, 0.4) is 0 Å². The third-order valence-corrected chi connectivity index (χ3v) is 2.53. The Kier molecular flexibility index (Phi) is 3.88. The van der Waals surface area contributed by atoms with Gasteiger partial charge in [-0.1, -0.05) is 0 Å². The highest BCUT2D eigenvalue weighted by atomic mass is 16.4. The zero-order valence-electron chi connectivity index (χ0n) is 10.2. The van der Waals surface area contributed by atoms with Crippen molar-refractivity contribution < 1.29 is 9.90 Å². The molecular formula is C11H17N3O3. The number of rotatable bonds is 5. The summed E-state index contributed by atoms with van der Waals surface area (Å²) in [6, 6.07) is 0. The molecular weight excluding hydrogens is 222 g/mol. The lowest BCUT2D eigenvalue weighted by atomic mass is 9.94. The van der Waals surface area contributed by atoms with E-state index < -0.39 is 11.4 Å². The molecule has 1 aromatic heterocycles. The summed E-state index contributed by atoms with van der Waals surface area (Å²) < 4.78 is 1.50. The summed E-state index contributed by atoms with van der Waals surface area (Å²) in [5, 5.41) is 11.7. The van der Waals surface area contributed by atoms with Crippen molar-refractivity contribution in [3.63, 3.8) is 0 Å². The van der Waals surface area contributed by atoms with E-state index in [9.17, 15) is 9.59 Å². The summed E-state index contributed by atoms with van der Waals surface area (Å²) in [7, 11) is 0. The number of nitrogens with one attached hydrogen (secondary N) is 1. The number of carboxylic acid groups (broad SMARTS) is 1. The molecule has 0 fully saturated rings. The predicted octanol–water partition coefficient (Wildman–Crippen LogP) is 0.786. The van der Waals surface area contributed by atoms with E-state index in [-0.39, 0.29) is 17.9 Å². The van der Waals surface area contributed by atoms with Crippen LogP contribution in [0.25, 0.3) is 0 Å². The van der Waals surface area contributed by atoms with Gasteiger partial charge in [0.15, 0.2) is 5.82 Å². The van der Waals surface area contributed by atoms with Crippen LogP contribution >= 0.6 is 0 Å². The van der Waals surface area contributed by atoms with Crippen LogP contribution in [0.5, 0.6) is 0 Å². The van der Waals surface area contributed by atoms with Crippen molar-refractivity contribution in [2.45, 2.75) is 27.3 Å². The molecule has 0 spiro atoms. The SMILES string of the molecule is CCn1ccnc(NCC(C)(C)C(=O)O)c1=O. The molecule has 0 aliphatic heterocycles. The molecule has 1 heterocycles. The fourth-order valence-corrected chi connectivity index (χ4v) is 1.20. The van der Waals surface area contributed by atoms with Gasteiger partial charge < -0.3 is 15.0 Å². The average Bonchev–Trinajstić information content (AvgIpc) is 2.27. The van der Waals surface area contributed by atoms with E-state index in [1.807, 2.05) is 6.92 Å². The highest BCUT2D eigenvalue weighted by molar-refractivity contribution is 5.74. The molecule has 1 aromatic rings. The summed E-state index contributed by atoms with van der Waals surface area (Å²) in [6.45, 7) is 5.73. The molecule has 0 radical (unpaired) electrons. The molecule has 0 bridgehead atoms.